The number of thiophene rings is 1. The predicted octanol–water partition coefficient (Wildman–Crippen LogP) is 0.0479. The summed E-state index contributed by atoms with van der Waals surface area (Å²) in [6, 6.07) is 3.12. The Bertz CT molecular complexity index is 553. The zero-order valence-corrected chi connectivity index (χ0v) is 12.8. The van der Waals surface area contributed by atoms with Gasteiger partial charge in [-0.1, -0.05) is 6.07 Å². The molecule has 0 aliphatic heterocycles. The van der Waals surface area contributed by atoms with Crippen LogP contribution in [-0.2, 0) is 24.3 Å². The highest BCUT2D eigenvalue weighted by Crippen LogP contribution is 2.14. The van der Waals surface area contributed by atoms with Crippen molar-refractivity contribution >= 4 is 33.2 Å². The molecule has 0 radical (unpaired) electrons. The number of carbonyl (C=O) groups excluding carboxylic acids is 2. The molecule has 1 amide bonds. The van der Waals surface area contributed by atoms with E-state index in [1.54, 1.807) is 11.4 Å². The van der Waals surface area contributed by atoms with E-state index in [4.69, 9.17) is 0 Å². The Morgan fingerprint density at radius 1 is 1.45 bits per heavy atom. The van der Waals surface area contributed by atoms with E-state index < -0.39 is 16.0 Å². The van der Waals surface area contributed by atoms with Gasteiger partial charge >= 0.3 is 5.97 Å². The Morgan fingerprint density at radius 2 is 2.15 bits per heavy atom. The molecule has 0 aliphatic rings. The molecule has 1 rings (SSSR count). The van der Waals surface area contributed by atoms with Crippen LogP contribution in [0.15, 0.2) is 21.7 Å². The second-order valence-electron chi connectivity index (χ2n) is 3.91. The Morgan fingerprint density at radius 3 is 2.70 bits per heavy atom. The first-order valence-corrected chi connectivity index (χ1v) is 8.07. The van der Waals surface area contributed by atoms with E-state index in [9.17, 15) is 18.0 Å². The molecule has 0 unspecified atom stereocenters. The summed E-state index contributed by atoms with van der Waals surface area (Å²) in [6.45, 7) is -0.183. The van der Waals surface area contributed by atoms with Crippen LogP contribution in [0, 0.1) is 0 Å². The van der Waals surface area contributed by atoms with Crippen molar-refractivity contribution in [3.63, 3.8) is 0 Å². The second kappa shape index (κ2) is 7.36. The summed E-state index contributed by atoms with van der Waals surface area (Å²) in [5.74, 6) is -0.871. The third-order valence-electron chi connectivity index (χ3n) is 2.41. The van der Waals surface area contributed by atoms with E-state index in [0.717, 1.165) is 11.3 Å². The maximum Gasteiger partial charge on any atom is 0.325 e. The van der Waals surface area contributed by atoms with E-state index in [-0.39, 0.29) is 29.6 Å². The molecule has 1 aromatic heterocycles. The molecule has 0 saturated heterocycles. The zero-order valence-electron chi connectivity index (χ0n) is 11.2. The SMILES string of the molecule is COC(=O)CN(C)C(=O)CCNS(=O)(=O)c1cccs1. The second-order valence-corrected chi connectivity index (χ2v) is 6.85. The molecular formula is C11H16N2O5S2. The monoisotopic (exact) mass is 320 g/mol. The van der Waals surface area contributed by atoms with Gasteiger partial charge in [0, 0.05) is 20.0 Å². The Hall–Kier alpha value is -1.45. The molecule has 20 heavy (non-hydrogen) atoms. The summed E-state index contributed by atoms with van der Waals surface area (Å²) in [5, 5.41) is 1.66. The summed E-state index contributed by atoms with van der Waals surface area (Å²) in [7, 11) is -0.877. The van der Waals surface area contributed by atoms with Crippen molar-refractivity contribution in [2.24, 2.45) is 0 Å². The van der Waals surface area contributed by atoms with E-state index in [2.05, 4.69) is 9.46 Å². The molecule has 0 aliphatic carbocycles. The fraction of sp³-hybridized carbons (Fsp3) is 0.455. The van der Waals surface area contributed by atoms with Crippen LogP contribution in [0.4, 0.5) is 0 Å². The van der Waals surface area contributed by atoms with Crippen LogP contribution in [0.5, 0.6) is 0 Å². The maximum atomic E-state index is 11.8. The average molecular weight is 320 g/mol. The highest BCUT2D eigenvalue weighted by molar-refractivity contribution is 7.91. The zero-order chi connectivity index (χ0) is 15.2. The summed E-state index contributed by atoms with van der Waals surface area (Å²) in [4.78, 5) is 23.8. The summed E-state index contributed by atoms with van der Waals surface area (Å²) in [6.07, 6.45) is -0.0297. The maximum absolute atomic E-state index is 11.8. The molecule has 1 N–H and O–H groups in total. The number of ether oxygens (including phenoxy) is 1. The van der Waals surface area contributed by atoms with Crippen LogP contribution in [0.1, 0.15) is 6.42 Å². The summed E-state index contributed by atoms with van der Waals surface area (Å²) < 4.78 is 30.5. The van der Waals surface area contributed by atoms with Crippen molar-refractivity contribution in [2.75, 3.05) is 27.2 Å². The van der Waals surface area contributed by atoms with Gasteiger partial charge in [-0.15, -0.1) is 11.3 Å². The molecule has 0 spiro atoms. The molecule has 7 nitrogen and oxygen atoms in total. The van der Waals surface area contributed by atoms with Gasteiger partial charge < -0.3 is 9.64 Å². The van der Waals surface area contributed by atoms with E-state index >= 15 is 0 Å². The Kier molecular flexibility index (Phi) is 6.11. The van der Waals surface area contributed by atoms with Crippen LogP contribution in [0.25, 0.3) is 0 Å². The summed E-state index contributed by atoms with van der Waals surface area (Å²) >= 11 is 1.10. The van der Waals surface area contributed by atoms with E-state index in [1.807, 2.05) is 0 Å². The fourth-order valence-corrected chi connectivity index (χ4v) is 3.39. The molecule has 9 heteroatoms. The molecule has 0 bridgehead atoms. The number of sulfonamides is 1. The van der Waals surface area contributed by atoms with Gasteiger partial charge in [-0.3, -0.25) is 9.59 Å². The first kappa shape index (κ1) is 16.6. The molecule has 0 saturated carbocycles. The van der Waals surface area contributed by atoms with Crippen molar-refractivity contribution in [2.45, 2.75) is 10.6 Å². The smallest absolute Gasteiger partial charge is 0.325 e. The van der Waals surface area contributed by atoms with Crippen LogP contribution in [0.2, 0.25) is 0 Å². The Balaban J connectivity index is 2.41. The van der Waals surface area contributed by atoms with Gasteiger partial charge in [-0.25, -0.2) is 13.1 Å². The fourth-order valence-electron chi connectivity index (χ4n) is 1.32. The standard InChI is InChI=1S/C11H16N2O5S2/c1-13(8-10(15)18-2)9(14)5-6-12-20(16,17)11-4-3-7-19-11/h3-4,7,12H,5-6,8H2,1-2H3. The topological polar surface area (TPSA) is 92.8 Å². The lowest BCUT2D eigenvalue weighted by Gasteiger charge is -2.15. The van der Waals surface area contributed by atoms with E-state index in [1.165, 1.54) is 25.1 Å². The average Bonchev–Trinajstić information content (AvgIpc) is 2.92. The lowest BCUT2D eigenvalue weighted by Crippen LogP contribution is -2.35. The van der Waals surface area contributed by atoms with Crippen molar-refractivity contribution in [1.29, 1.82) is 0 Å². The van der Waals surface area contributed by atoms with Gasteiger partial charge in [0.15, 0.2) is 0 Å². The lowest BCUT2D eigenvalue weighted by atomic mass is 10.4. The van der Waals surface area contributed by atoms with Gasteiger partial charge in [-0.05, 0) is 11.4 Å². The molecular weight excluding hydrogens is 304 g/mol. The van der Waals surface area contributed by atoms with Crippen LogP contribution in [-0.4, -0.2) is 52.4 Å². The minimum atomic E-state index is -3.56. The van der Waals surface area contributed by atoms with E-state index in [0.29, 0.717) is 0 Å². The quantitative estimate of drug-likeness (QED) is 0.717. The Labute approximate surface area is 121 Å². The van der Waals surface area contributed by atoms with Crippen molar-refractivity contribution < 1.29 is 22.7 Å². The number of hydrogen-bond acceptors (Lipinski definition) is 6. The normalized spacial score (nSPS) is 11.1. The van der Waals surface area contributed by atoms with Crippen LogP contribution in [0.3, 0.4) is 0 Å². The van der Waals surface area contributed by atoms with Crippen molar-refractivity contribution in [3.8, 4) is 0 Å². The van der Waals surface area contributed by atoms with Crippen LogP contribution >= 0.6 is 11.3 Å². The third-order valence-corrected chi connectivity index (χ3v) is 5.27. The highest BCUT2D eigenvalue weighted by Gasteiger charge is 2.17. The number of nitrogens with one attached hydrogen (secondary N) is 1. The highest BCUT2D eigenvalue weighted by atomic mass is 32.2. The number of rotatable bonds is 7. The van der Waals surface area contributed by atoms with Gasteiger partial charge in [0.1, 0.15) is 10.8 Å². The van der Waals surface area contributed by atoms with Gasteiger partial charge in [-0.2, -0.15) is 0 Å². The van der Waals surface area contributed by atoms with Gasteiger partial charge in [0.05, 0.1) is 7.11 Å². The lowest BCUT2D eigenvalue weighted by molar-refractivity contribution is -0.146. The number of likely N-dealkylation sites (N-methyl/N-ethyl adjacent to an activating group) is 1. The number of esters is 1. The summed E-state index contributed by atoms with van der Waals surface area (Å²) in [5.41, 5.74) is 0. The minimum Gasteiger partial charge on any atom is -0.468 e. The van der Waals surface area contributed by atoms with Crippen LogP contribution < -0.4 is 4.72 Å². The predicted molar refractivity (Wildman–Crippen MR) is 73.8 cm³/mol. The molecule has 0 atom stereocenters. The molecule has 0 aromatic carbocycles. The molecule has 112 valence electrons. The van der Waals surface area contributed by atoms with Crippen molar-refractivity contribution in [3.05, 3.63) is 17.5 Å². The minimum absolute atomic E-state index is 0.0232. The number of nitrogens with zero attached hydrogens (tertiary/aromatic N) is 1. The molecule has 0 fully saturated rings. The van der Waals surface area contributed by atoms with Gasteiger partial charge in [0.25, 0.3) is 0 Å². The number of hydrogen-bond donors (Lipinski definition) is 1. The third kappa shape index (κ3) is 4.91. The number of carbonyl (C=O) groups is 2. The van der Waals surface area contributed by atoms with Crippen molar-refractivity contribution in [1.82, 2.24) is 9.62 Å². The first-order chi connectivity index (χ1) is 9.36. The first-order valence-electron chi connectivity index (χ1n) is 5.71. The molecule has 1 aromatic rings. The molecule has 1 heterocycles. The number of amides is 1. The largest absolute Gasteiger partial charge is 0.468 e. The number of methoxy groups -OCH3 is 1. The van der Waals surface area contributed by atoms with Gasteiger partial charge in [0.2, 0.25) is 15.9 Å².